The fraction of sp³-hybridized carbons (Fsp3) is 0.267. The van der Waals surface area contributed by atoms with Crippen LogP contribution in [-0.2, 0) is 0 Å². The SMILES string of the molecule is CNC(c1ccc(C)c(Cl)c1)c1cccc(C)n1. The minimum absolute atomic E-state index is 0.0722. The van der Waals surface area contributed by atoms with Crippen LogP contribution in [0.4, 0.5) is 0 Å². The number of halogens is 1. The summed E-state index contributed by atoms with van der Waals surface area (Å²) in [5, 5.41) is 4.08. The molecular weight excluding hydrogens is 244 g/mol. The number of benzene rings is 1. The fourth-order valence-corrected chi connectivity index (χ4v) is 2.19. The number of hydrogen-bond donors (Lipinski definition) is 1. The molecule has 0 aliphatic carbocycles. The first-order valence-corrected chi connectivity index (χ1v) is 6.36. The van der Waals surface area contributed by atoms with E-state index in [0.29, 0.717) is 0 Å². The van der Waals surface area contributed by atoms with E-state index in [1.807, 2.05) is 51.2 Å². The van der Waals surface area contributed by atoms with Crippen LogP contribution in [0.1, 0.15) is 28.6 Å². The first-order chi connectivity index (χ1) is 8.61. The maximum Gasteiger partial charge on any atom is 0.0749 e. The van der Waals surface area contributed by atoms with Crippen molar-refractivity contribution >= 4 is 11.6 Å². The number of rotatable bonds is 3. The van der Waals surface area contributed by atoms with Crippen LogP contribution < -0.4 is 5.32 Å². The average molecular weight is 261 g/mol. The average Bonchev–Trinajstić information content (AvgIpc) is 2.35. The summed E-state index contributed by atoms with van der Waals surface area (Å²) >= 11 is 6.19. The molecule has 1 heterocycles. The molecule has 1 aromatic heterocycles. The lowest BCUT2D eigenvalue weighted by molar-refractivity contribution is 0.668. The summed E-state index contributed by atoms with van der Waals surface area (Å²) in [4.78, 5) is 4.57. The van der Waals surface area contributed by atoms with E-state index in [1.54, 1.807) is 0 Å². The Hall–Kier alpha value is -1.38. The number of aromatic nitrogens is 1. The molecule has 1 N–H and O–H groups in total. The van der Waals surface area contributed by atoms with Crippen LogP contribution in [0.3, 0.4) is 0 Å². The van der Waals surface area contributed by atoms with Gasteiger partial charge in [0.25, 0.3) is 0 Å². The van der Waals surface area contributed by atoms with Gasteiger partial charge in [0.05, 0.1) is 11.7 Å². The van der Waals surface area contributed by atoms with Gasteiger partial charge in [0.1, 0.15) is 0 Å². The summed E-state index contributed by atoms with van der Waals surface area (Å²) in [5.74, 6) is 0. The van der Waals surface area contributed by atoms with Gasteiger partial charge in [-0.3, -0.25) is 4.98 Å². The Morgan fingerprint density at radius 2 is 1.94 bits per heavy atom. The van der Waals surface area contributed by atoms with Gasteiger partial charge >= 0.3 is 0 Å². The summed E-state index contributed by atoms with van der Waals surface area (Å²) < 4.78 is 0. The van der Waals surface area contributed by atoms with Crippen molar-refractivity contribution in [3.8, 4) is 0 Å². The highest BCUT2D eigenvalue weighted by molar-refractivity contribution is 6.31. The predicted octanol–water partition coefficient (Wildman–Crippen LogP) is 3.66. The molecule has 0 saturated heterocycles. The maximum absolute atomic E-state index is 6.19. The second kappa shape index (κ2) is 5.51. The van der Waals surface area contributed by atoms with Gasteiger partial charge in [0, 0.05) is 10.7 Å². The van der Waals surface area contributed by atoms with E-state index in [1.165, 1.54) is 0 Å². The van der Waals surface area contributed by atoms with Gasteiger partial charge in [-0.15, -0.1) is 0 Å². The number of pyridine rings is 1. The lowest BCUT2D eigenvalue weighted by Gasteiger charge is -2.17. The molecule has 0 bridgehead atoms. The lowest BCUT2D eigenvalue weighted by atomic mass is 10.0. The van der Waals surface area contributed by atoms with E-state index in [0.717, 1.165) is 27.5 Å². The Kier molecular flexibility index (Phi) is 4.00. The van der Waals surface area contributed by atoms with E-state index in [9.17, 15) is 0 Å². The molecule has 0 aliphatic heterocycles. The van der Waals surface area contributed by atoms with E-state index in [4.69, 9.17) is 11.6 Å². The smallest absolute Gasteiger partial charge is 0.0749 e. The quantitative estimate of drug-likeness (QED) is 0.911. The number of hydrogen-bond acceptors (Lipinski definition) is 2. The molecule has 18 heavy (non-hydrogen) atoms. The Morgan fingerprint density at radius 1 is 1.17 bits per heavy atom. The maximum atomic E-state index is 6.19. The van der Waals surface area contributed by atoms with E-state index in [2.05, 4.69) is 16.4 Å². The van der Waals surface area contributed by atoms with Crippen molar-refractivity contribution in [2.24, 2.45) is 0 Å². The highest BCUT2D eigenvalue weighted by Crippen LogP contribution is 2.25. The van der Waals surface area contributed by atoms with Crippen LogP contribution in [0.15, 0.2) is 36.4 Å². The zero-order chi connectivity index (χ0) is 13.1. The van der Waals surface area contributed by atoms with Gasteiger partial charge in [-0.2, -0.15) is 0 Å². The first-order valence-electron chi connectivity index (χ1n) is 5.98. The second-order valence-corrected chi connectivity index (χ2v) is 4.84. The summed E-state index contributed by atoms with van der Waals surface area (Å²) in [6.45, 7) is 4.00. The zero-order valence-corrected chi connectivity index (χ0v) is 11.6. The Balaban J connectivity index is 2.42. The summed E-state index contributed by atoms with van der Waals surface area (Å²) in [5.41, 5.74) is 4.25. The topological polar surface area (TPSA) is 24.9 Å². The zero-order valence-electron chi connectivity index (χ0n) is 10.9. The third-order valence-corrected chi connectivity index (χ3v) is 3.43. The van der Waals surface area contributed by atoms with Crippen molar-refractivity contribution in [1.29, 1.82) is 0 Å². The van der Waals surface area contributed by atoms with Crippen LogP contribution >= 0.6 is 11.6 Å². The van der Waals surface area contributed by atoms with Crippen molar-refractivity contribution in [2.45, 2.75) is 19.9 Å². The Bertz CT molecular complexity index is 552. The van der Waals surface area contributed by atoms with E-state index < -0.39 is 0 Å². The van der Waals surface area contributed by atoms with Gasteiger partial charge in [-0.25, -0.2) is 0 Å². The van der Waals surface area contributed by atoms with Gasteiger partial charge in [0.15, 0.2) is 0 Å². The summed E-state index contributed by atoms with van der Waals surface area (Å²) in [6.07, 6.45) is 0. The number of aryl methyl sites for hydroxylation is 2. The molecule has 1 atom stereocenters. The summed E-state index contributed by atoms with van der Waals surface area (Å²) in [6, 6.07) is 12.3. The molecule has 2 rings (SSSR count). The molecule has 0 aliphatic rings. The number of nitrogens with one attached hydrogen (secondary N) is 1. The molecule has 0 spiro atoms. The minimum atomic E-state index is 0.0722. The van der Waals surface area contributed by atoms with Gasteiger partial charge in [0.2, 0.25) is 0 Å². The first kappa shape index (κ1) is 13.1. The molecule has 94 valence electrons. The minimum Gasteiger partial charge on any atom is -0.308 e. The molecule has 0 amide bonds. The van der Waals surface area contributed by atoms with Crippen LogP contribution in [0.25, 0.3) is 0 Å². The molecule has 3 heteroatoms. The van der Waals surface area contributed by atoms with Gasteiger partial charge in [-0.1, -0.05) is 29.8 Å². The van der Waals surface area contributed by atoms with E-state index >= 15 is 0 Å². The monoisotopic (exact) mass is 260 g/mol. The molecule has 1 unspecified atom stereocenters. The summed E-state index contributed by atoms with van der Waals surface area (Å²) in [7, 11) is 1.93. The van der Waals surface area contributed by atoms with Crippen LogP contribution in [0.5, 0.6) is 0 Å². The third kappa shape index (κ3) is 2.71. The van der Waals surface area contributed by atoms with Crippen molar-refractivity contribution in [3.05, 3.63) is 63.9 Å². The van der Waals surface area contributed by atoms with Crippen molar-refractivity contribution < 1.29 is 0 Å². The Labute approximate surface area is 113 Å². The van der Waals surface area contributed by atoms with Crippen molar-refractivity contribution in [3.63, 3.8) is 0 Å². The standard InChI is InChI=1S/C15H17ClN2/c1-10-7-8-12(9-13(10)16)15(17-3)14-6-4-5-11(2)18-14/h4-9,15,17H,1-3H3. The fourth-order valence-electron chi connectivity index (χ4n) is 2.00. The van der Waals surface area contributed by atoms with E-state index in [-0.39, 0.29) is 6.04 Å². The molecule has 0 saturated carbocycles. The Morgan fingerprint density at radius 3 is 2.56 bits per heavy atom. The van der Waals surface area contributed by atoms with Crippen molar-refractivity contribution in [1.82, 2.24) is 10.3 Å². The second-order valence-electron chi connectivity index (χ2n) is 4.43. The lowest BCUT2D eigenvalue weighted by Crippen LogP contribution is -2.19. The highest BCUT2D eigenvalue weighted by Gasteiger charge is 2.14. The molecule has 2 aromatic rings. The number of nitrogens with zero attached hydrogens (tertiary/aromatic N) is 1. The molecule has 0 fully saturated rings. The normalized spacial score (nSPS) is 12.4. The van der Waals surface area contributed by atoms with Gasteiger partial charge < -0.3 is 5.32 Å². The van der Waals surface area contributed by atoms with Crippen molar-refractivity contribution in [2.75, 3.05) is 7.05 Å². The van der Waals surface area contributed by atoms with Crippen LogP contribution in [0, 0.1) is 13.8 Å². The molecule has 0 radical (unpaired) electrons. The molecule has 1 aromatic carbocycles. The predicted molar refractivity (Wildman–Crippen MR) is 76.1 cm³/mol. The largest absolute Gasteiger partial charge is 0.308 e. The molecular formula is C15H17ClN2. The molecule has 2 nitrogen and oxygen atoms in total. The van der Waals surface area contributed by atoms with Gasteiger partial charge in [-0.05, 0) is 50.2 Å². The van der Waals surface area contributed by atoms with Crippen LogP contribution in [0.2, 0.25) is 5.02 Å². The highest BCUT2D eigenvalue weighted by atomic mass is 35.5. The van der Waals surface area contributed by atoms with Crippen LogP contribution in [-0.4, -0.2) is 12.0 Å². The third-order valence-electron chi connectivity index (χ3n) is 3.02.